The summed E-state index contributed by atoms with van der Waals surface area (Å²) in [5.74, 6) is -0.733. The maximum Gasteiger partial charge on any atom is 0.323 e. The van der Waals surface area contributed by atoms with Crippen LogP contribution in [0.3, 0.4) is 0 Å². The van der Waals surface area contributed by atoms with Crippen molar-refractivity contribution in [2.75, 3.05) is 6.54 Å². The molecule has 2 unspecified atom stereocenters. The van der Waals surface area contributed by atoms with Crippen molar-refractivity contribution in [3.05, 3.63) is 29.3 Å². The van der Waals surface area contributed by atoms with E-state index >= 15 is 0 Å². The van der Waals surface area contributed by atoms with Gasteiger partial charge in [0.25, 0.3) is 0 Å². The van der Waals surface area contributed by atoms with Crippen LogP contribution in [0.15, 0.2) is 29.2 Å². The molecule has 0 bridgehead atoms. The van der Waals surface area contributed by atoms with Gasteiger partial charge < -0.3 is 10.4 Å². The Morgan fingerprint density at radius 1 is 1.55 bits per heavy atom. The maximum atomic E-state index is 11.6. The lowest BCUT2D eigenvalue weighted by Gasteiger charge is -2.38. The average Bonchev–Trinajstić information content (AvgIpc) is 2.42. The van der Waals surface area contributed by atoms with Gasteiger partial charge in [-0.2, -0.15) is 0 Å². The summed E-state index contributed by atoms with van der Waals surface area (Å²) in [6.45, 7) is 2.63. The number of halogens is 1. The van der Waals surface area contributed by atoms with E-state index in [-0.39, 0.29) is 0 Å². The van der Waals surface area contributed by atoms with Gasteiger partial charge in [-0.05, 0) is 44.4 Å². The minimum Gasteiger partial charge on any atom is -0.480 e. The summed E-state index contributed by atoms with van der Waals surface area (Å²) in [7, 11) is 0. The molecule has 1 saturated carbocycles. The molecule has 1 fully saturated rings. The van der Waals surface area contributed by atoms with E-state index in [4.69, 9.17) is 11.6 Å². The van der Waals surface area contributed by atoms with E-state index in [0.717, 1.165) is 22.8 Å². The average molecular weight is 314 g/mol. The van der Waals surface area contributed by atoms with Gasteiger partial charge >= 0.3 is 5.97 Å². The van der Waals surface area contributed by atoms with E-state index in [0.29, 0.717) is 24.6 Å². The number of nitrogens with one attached hydrogen (secondary N) is 1. The number of aliphatic carboxylic acids is 1. The molecule has 0 saturated heterocycles. The Labute approximate surface area is 129 Å². The van der Waals surface area contributed by atoms with Gasteiger partial charge in [0.15, 0.2) is 0 Å². The lowest BCUT2D eigenvalue weighted by molar-refractivity contribution is -0.146. The fraction of sp³-hybridized carbons (Fsp3) is 0.533. The molecule has 1 aromatic rings. The number of benzene rings is 1. The van der Waals surface area contributed by atoms with Gasteiger partial charge in [0, 0.05) is 10.1 Å². The van der Waals surface area contributed by atoms with Crippen molar-refractivity contribution in [1.29, 1.82) is 0 Å². The zero-order valence-electron chi connectivity index (χ0n) is 11.6. The number of likely N-dealkylation sites (N-methyl/N-ethyl adjacent to an activating group) is 1. The fourth-order valence-electron chi connectivity index (χ4n) is 2.81. The normalized spacial score (nSPS) is 26.4. The first-order valence-electron chi connectivity index (χ1n) is 6.97. The Morgan fingerprint density at radius 3 is 2.95 bits per heavy atom. The summed E-state index contributed by atoms with van der Waals surface area (Å²) in [5, 5.41) is 13.8. The molecule has 0 aromatic heterocycles. The van der Waals surface area contributed by atoms with Crippen molar-refractivity contribution < 1.29 is 9.90 Å². The van der Waals surface area contributed by atoms with E-state index in [2.05, 4.69) is 5.32 Å². The Bertz CT molecular complexity index is 479. The number of carboxylic acids is 1. The molecule has 0 radical (unpaired) electrons. The highest BCUT2D eigenvalue weighted by molar-refractivity contribution is 8.00. The van der Waals surface area contributed by atoms with Crippen molar-refractivity contribution in [2.24, 2.45) is 0 Å². The third kappa shape index (κ3) is 3.48. The van der Waals surface area contributed by atoms with Crippen LogP contribution in [0.25, 0.3) is 0 Å². The SMILES string of the molecule is CCNC1(C(=O)O)CCCC(Sc2ccccc2Cl)C1. The van der Waals surface area contributed by atoms with Gasteiger partial charge in [-0.15, -0.1) is 11.8 Å². The Morgan fingerprint density at radius 2 is 2.30 bits per heavy atom. The van der Waals surface area contributed by atoms with E-state index < -0.39 is 11.5 Å². The van der Waals surface area contributed by atoms with Crippen LogP contribution in [0, 0.1) is 0 Å². The number of rotatable bonds is 5. The first-order chi connectivity index (χ1) is 9.57. The van der Waals surface area contributed by atoms with Crippen LogP contribution >= 0.6 is 23.4 Å². The van der Waals surface area contributed by atoms with Gasteiger partial charge in [0.2, 0.25) is 0 Å². The molecule has 1 aliphatic rings. The van der Waals surface area contributed by atoms with Crippen LogP contribution in [0.4, 0.5) is 0 Å². The van der Waals surface area contributed by atoms with Crippen molar-refractivity contribution in [3.8, 4) is 0 Å². The standard InChI is InChI=1S/C15H20ClNO2S/c1-2-17-15(14(18)19)9-5-6-11(10-15)20-13-8-4-3-7-12(13)16/h3-4,7-8,11,17H,2,5-6,9-10H2,1H3,(H,18,19). The smallest absolute Gasteiger partial charge is 0.323 e. The third-order valence-corrected chi connectivity index (χ3v) is 5.55. The number of carbonyl (C=O) groups is 1. The maximum absolute atomic E-state index is 11.6. The quantitative estimate of drug-likeness (QED) is 0.868. The first kappa shape index (κ1) is 15.7. The minimum atomic E-state index is -0.772. The lowest BCUT2D eigenvalue weighted by Crippen LogP contribution is -2.55. The molecular formula is C15H20ClNO2S. The Balaban J connectivity index is 2.10. The van der Waals surface area contributed by atoms with Gasteiger partial charge in [-0.25, -0.2) is 0 Å². The number of carboxylic acid groups (broad SMARTS) is 1. The van der Waals surface area contributed by atoms with Crippen LogP contribution in [0.5, 0.6) is 0 Å². The highest BCUT2D eigenvalue weighted by atomic mass is 35.5. The van der Waals surface area contributed by atoms with E-state index in [1.165, 1.54) is 0 Å². The topological polar surface area (TPSA) is 49.3 Å². The van der Waals surface area contributed by atoms with Gasteiger partial charge in [0.1, 0.15) is 5.54 Å². The summed E-state index contributed by atoms with van der Waals surface area (Å²) in [6.07, 6.45) is 3.32. The number of hydrogen-bond donors (Lipinski definition) is 2. The molecule has 20 heavy (non-hydrogen) atoms. The molecule has 3 nitrogen and oxygen atoms in total. The zero-order valence-corrected chi connectivity index (χ0v) is 13.1. The van der Waals surface area contributed by atoms with E-state index in [9.17, 15) is 9.90 Å². The molecule has 2 rings (SSSR count). The van der Waals surface area contributed by atoms with E-state index in [1.807, 2.05) is 31.2 Å². The molecular weight excluding hydrogens is 294 g/mol. The largest absolute Gasteiger partial charge is 0.480 e. The predicted molar refractivity (Wildman–Crippen MR) is 83.6 cm³/mol. The van der Waals surface area contributed by atoms with Crippen LogP contribution in [-0.4, -0.2) is 28.4 Å². The highest BCUT2D eigenvalue weighted by Crippen LogP contribution is 2.40. The molecule has 2 atom stereocenters. The Kier molecular flexibility index (Phi) is 5.35. The predicted octanol–water partition coefficient (Wildman–Crippen LogP) is 3.81. The van der Waals surface area contributed by atoms with Gasteiger partial charge in [-0.3, -0.25) is 4.79 Å². The molecule has 110 valence electrons. The van der Waals surface area contributed by atoms with Gasteiger partial charge in [0.05, 0.1) is 5.02 Å². The van der Waals surface area contributed by atoms with Crippen molar-refractivity contribution in [1.82, 2.24) is 5.32 Å². The lowest BCUT2D eigenvalue weighted by atomic mass is 9.81. The fourth-order valence-corrected chi connectivity index (χ4v) is 4.43. The van der Waals surface area contributed by atoms with Crippen LogP contribution in [0.2, 0.25) is 5.02 Å². The van der Waals surface area contributed by atoms with Crippen LogP contribution in [-0.2, 0) is 4.79 Å². The third-order valence-electron chi connectivity index (χ3n) is 3.76. The molecule has 0 aliphatic heterocycles. The van der Waals surface area contributed by atoms with Crippen molar-refractivity contribution >= 4 is 29.3 Å². The minimum absolute atomic E-state index is 0.291. The van der Waals surface area contributed by atoms with Crippen molar-refractivity contribution in [3.63, 3.8) is 0 Å². The van der Waals surface area contributed by atoms with Crippen LogP contribution in [0.1, 0.15) is 32.6 Å². The molecule has 2 N–H and O–H groups in total. The molecule has 1 aromatic carbocycles. The zero-order chi connectivity index (χ0) is 14.6. The highest BCUT2D eigenvalue weighted by Gasteiger charge is 2.42. The molecule has 0 amide bonds. The van der Waals surface area contributed by atoms with Crippen molar-refractivity contribution in [2.45, 2.75) is 48.3 Å². The summed E-state index contributed by atoms with van der Waals surface area (Å²) >= 11 is 7.89. The summed E-state index contributed by atoms with van der Waals surface area (Å²) in [6, 6.07) is 7.75. The molecule has 5 heteroatoms. The number of thioether (sulfide) groups is 1. The monoisotopic (exact) mass is 313 g/mol. The second kappa shape index (κ2) is 6.83. The summed E-state index contributed by atoms with van der Waals surface area (Å²) < 4.78 is 0. The Hall–Kier alpha value is -0.710. The first-order valence-corrected chi connectivity index (χ1v) is 8.23. The summed E-state index contributed by atoms with van der Waals surface area (Å²) in [5.41, 5.74) is -0.772. The second-order valence-corrected chi connectivity index (χ2v) is 6.93. The molecule has 1 aliphatic carbocycles. The molecule has 0 spiro atoms. The van der Waals surface area contributed by atoms with Crippen LogP contribution < -0.4 is 5.32 Å². The summed E-state index contributed by atoms with van der Waals surface area (Å²) in [4.78, 5) is 12.7. The molecule has 0 heterocycles. The van der Waals surface area contributed by atoms with Gasteiger partial charge in [-0.1, -0.05) is 30.7 Å². The van der Waals surface area contributed by atoms with E-state index in [1.54, 1.807) is 11.8 Å². The number of hydrogen-bond acceptors (Lipinski definition) is 3. The second-order valence-electron chi connectivity index (χ2n) is 5.18.